The van der Waals surface area contributed by atoms with Gasteiger partial charge in [0.15, 0.2) is 5.13 Å². The lowest BCUT2D eigenvalue weighted by molar-refractivity contribution is -0.121. The van der Waals surface area contributed by atoms with Gasteiger partial charge < -0.3 is 0 Å². The summed E-state index contributed by atoms with van der Waals surface area (Å²) in [6, 6.07) is 13.0. The predicted molar refractivity (Wildman–Crippen MR) is 143 cm³/mol. The van der Waals surface area contributed by atoms with Gasteiger partial charge in [-0.05, 0) is 79.8 Å². The molecule has 0 saturated carbocycles. The molecule has 5 rings (SSSR count). The van der Waals surface area contributed by atoms with E-state index < -0.39 is 16.1 Å². The summed E-state index contributed by atoms with van der Waals surface area (Å²) in [7, 11) is -3.88. The largest absolute Gasteiger partial charge is 0.282 e. The lowest BCUT2D eigenvalue weighted by Crippen LogP contribution is -2.47. The number of carbonyl (C=O) groups is 1. The molecule has 0 radical (unpaired) electrons. The highest BCUT2D eigenvalue weighted by Crippen LogP contribution is 2.35. The van der Waals surface area contributed by atoms with E-state index in [-0.39, 0.29) is 23.9 Å². The van der Waals surface area contributed by atoms with E-state index in [9.17, 15) is 13.2 Å². The lowest BCUT2D eigenvalue weighted by Gasteiger charge is -2.28. The number of hydrogen-bond acceptors (Lipinski definition) is 6. The van der Waals surface area contributed by atoms with Crippen LogP contribution < -0.4 is 4.90 Å². The molecule has 0 bridgehead atoms. The van der Waals surface area contributed by atoms with Crippen LogP contribution in [0, 0.1) is 13.8 Å². The Hall–Kier alpha value is -2.85. The second-order valence-corrected chi connectivity index (χ2v) is 12.2. The molecule has 36 heavy (non-hydrogen) atoms. The third-order valence-corrected chi connectivity index (χ3v) is 9.68. The Morgan fingerprint density at radius 2 is 1.97 bits per heavy atom. The zero-order valence-electron chi connectivity index (χ0n) is 19.9. The minimum absolute atomic E-state index is 0.122. The SMILES string of the molecule is Cc1cc(C)c2sc(N(Cc3cccnc3)C(=O)C3CCCN3S(=O)(=O)c3ccc(Cl)cc3)nc2c1. The summed E-state index contributed by atoms with van der Waals surface area (Å²) in [6.07, 6.45) is 4.43. The van der Waals surface area contributed by atoms with Crippen molar-refractivity contribution >= 4 is 54.2 Å². The molecule has 0 spiro atoms. The molecule has 3 heterocycles. The molecule has 0 aliphatic carbocycles. The standard InChI is InChI=1S/C26H25ClN4O3S2/c1-17-13-18(2)24-22(14-17)29-26(35-24)30(16-19-5-3-11-28-15-19)25(32)23-6-4-12-31(23)36(33,34)21-9-7-20(27)8-10-21/h3,5,7-11,13-15,23H,4,6,12,16H2,1-2H3. The summed E-state index contributed by atoms with van der Waals surface area (Å²) in [6.45, 7) is 4.57. The number of benzene rings is 2. The molecule has 1 amide bonds. The van der Waals surface area contributed by atoms with Gasteiger partial charge in [-0.25, -0.2) is 13.4 Å². The van der Waals surface area contributed by atoms with E-state index in [0.29, 0.717) is 23.0 Å². The zero-order valence-corrected chi connectivity index (χ0v) is 22.3. The van der Waals surface area contributed by atoms with Crippen molar-refractivity contribution in [3.05, 3.63) is 82.6 Å². The Morgan fingerprint density at radius 1 is 1.19 bits per heavy atom. The average Bonchev–Trinajstić information content (AvgIpc) is 3.51. The van der Waals surface area contributed by atoms with E-state index in [1.165, 1.54) is 27.8 Å². The monoisotopic (exact) mass is 540 g/mol. The fourth-order valence-electron chi connectivity index (χ4n) is 4.59. The Morgan fingerprint density at radius 3 is 2.69 bits per heavy atom. The van der Waals surface area contributed by atoms with Crippen LogP contribution in [-0.2, 0) is 21.4 Å². The molecule has 10 heteroatoms. The second kappa shape index (κ2) is 9.89. The number of halogens is 1. The Bertz CT molecular complexity index is 1520. The average molecular weight is 541 g/mol. The van der Waals surface area contributed by atoms with Crippen LogP contribution in [0.1, 0.15) is 29.5 Å². The molecular weight excluding hydrogens is 516 g/mol. The summed E-state index contributed by atoms with van der Waals surface area (Å²) in [4.78, 5) is 24.8. The van der Waals surface area contributed by atoms with Gasteiger partial charge >= 0.3 is 0 Å². The van der Waals surface area contributed by atoms with E-state index >= 15 is 0 Å². The van der Waals surface area contributed by atoms with Crippen molar-refractivity contribution < 1.29 is 13.2 Å². The van der Waals surface area contributed by atoms with Gasteiger partial charge in [0.2, 0.25) is 15.9 Å². The number of pyridine rings is 1. The number of aryl methyl sites for hydroxylation is 2. The molecule has 2 aromatic heterocycles. The molecule has 1 fully saturated rings. The zero-order chi connectivity index (χ0) is 25.4. The number of rotatable bonds is 6. The predicted octanol–water partition coefficient (Wildman–Crippen LogP) is 5.35. The molecule has 4 aromatic rings. The maximum absolute atomic E-state index is 14.1. The summed E-state index contributed by atoms with van der Waals surface area (Å²) >= 11 is 7.41. The first kappa shape index (κ1) is 24.8. The summed E-state index contributed by atoms with van der Waals surface area (Å²) in [5.74, 6) is -0.290. The molecule has 0 N–H and O–H groups in total. The number of amides is 1. The second-order valence-electron chi connectivity index (χ2n) is 8.94. The van der Waals surface area contributed by atoms with Gasteiger partial charge in [-0.1, -0.05) is 35.1 Å². The minimum atomic E-state index is -3.88. The number of aromatic nitrogens is 2. The van der Waals surface area contributed by atoms with Crippen LogP contribution >= 0.6 is 22.9 Å². The highest BCUT2D eigenvalue weighted by molar-refractivity contribution is 7.89. The molecule has 186 valence electrons. The molecular formula is C26H25ClN4O3S2. The smallest absolute Gasteiger partial charge is 0.247 e. The van der Waals surface area contributed by atoms with E-state index in [1.54, 1.807) is 29.4 Å². The van der Waals surface area contributed by atoms with Gasteiger partial charge in [0.05, 0.1) is 21.7 Å². The topological polar surface area (TPSA) is 83.5 Å². The number of nitrogens with zero attached hydrogens (tertiary/aromatic N) is 4. The van der Waals surface area contributed by atoms with Crippen molar-refractivity contribution in [1.82, 2.24) is 14.3 Å². The van der Waals surface area contributed by atoms with Crippen LogP contribution in [-0.4, -0.2) is 41.2 Å². The molecule has 7 nitrogen and oxygen atoms in total. The van der Waals surface area contributed by atoms with Crippen molar-refractivity contribution in [3.8, 4) is 0 Å². The molecule has 1 aliphatic heterocycles. The first-order chi connectivity index (χ1) is 17.2. The maximum atomic E-state index is 14.1. The van der Waals surface area contributed by atoms with Gasteiger partial charge in [0.25, 0.3) is 0 Å². The van der Waals surface area contributed by atoms with Crippen LogP contribution in [0.25, 0.3) is 10.2 Å². The van der Waals surface area contributed by atoms with Crippen LogP contribution in [0.2, 0.25) is 5.02 Å². The van der Waals surface area contributed by atoms with E-state index in [0.717, 1.165) is 26.9 Å². The Balaban J connectivity index is 1.54. The normalized spacial score (nSPS) is 16.5. The van der Waals surface area contributed by atoms with Crippen molar-refractivity contribution in [2.45, 2.75) is 44.2 Å². The first-order valence-corrected chi connectivity index (χ1v) is 14.2. The van der Waals surface area contributed by atoms with Gasteiger partial charge in [-0.2, -0.15) is 4.31 Å². The van der Waals surface area contributed by atoms with Crippen molar-refractivity contribution in [3.63, 3.8) is 0 Å². The number of thiazole rings is 1. The van der Waals surface area contributed by atoms with Gasteiger partial charge in [-0.15, -0.1) is 0 Å². The van der Waals surface area contributed by atoms with Crippen molar-refractivity contribution in [2.24, 2.45) is 0 Å². The molecule has 1 saturated heterocycles. The highest BCUT2D eigenvalue weighted by Gasteiger charge is 2.42. The molecule has 2 aromatic carbocycles. The number of carbonyl (C=O) groups excluding carboxylic acids is 1. The van der Waals surface area contributed by atoms with E-state index in [2.05, 4.69) is 11.1 Å². The minimum Gasteiger partial charge on any atom is -0.282 e. The highest BCUT2D eigenvalue weighted by atomic mass is 35.5. The third-order valence-electron chi connectivity index (χ3n) is 6.28. The van der Waals surface area contributed by atoms with Crippen LogP contribution in [0.3, 0.4) is 0 Å². The van der Waals surface area contributed by atoms with E-state index in [4.69, 9.17) is 16.6 Å². The number of fused-ring (bicyclic) bond motifs is 1. The molecule has 1 atom stereocenters. The lowest BCUT2D eigenvalue weighted by atomic mass is 10.1. The van der Waals surface area contributed by atoms with Crippen molar-refractivity contribution in [1.29, 1.82) is 0 Å². The quantitative estimate of drug-likeness (QED) is 0.329. The Labute approximate surface area is 219 Å². The summed E-state index contributed by atoms with van der Waals surface area (Å²) < 4.78 is 29.3. The Kier molecular flexibility index (Phi) is 6.82. The number of hydrogen-bond donors (Lipinski definition) is 0. The fourth-order valence-corrected chi connectivity index (χ4v) is 7.39. The fraction of sp³-hybridized carbons (Fsp3) is 0.269. The van der Waals surface area contributed by atoms with Gasteiger partial charge in [0, 0.05) is 24.0 Å². The summed E-state index contributed by atoms with van der Waals surface area (Å²) in [5.41, 5.74) is 3.85. The van der Waals surface area contributed by atoms with Gasteiger partial charge in [-0.3, -0.25) is 14.7 Å². The van der Waals surface area contributed by atoms with E-state index in [1.807, 2.05) is 32.0 Å². The first-order valence-electron chi connectivity index (χ1n) is 11.6. The van der Waals surface area contributed by atoms with Crippen LogP contribution in [0.5, 0.6) is 0 Å². The number of anilines is 1. The number of sulfonamides is 1. The molecule has 1 unspecified atom stereocenters. The molecule has 1 aliphatic rings. The summed E-state index contributed by atoms with van der Waals surface area (Å²) in [5, 5.41) is 0.996. The van der Waals surface area contributed by atoms with Gasteiger partial charge in [0.1, 0.15) is 6.04 Å². The third kappa shape index (κ3) is 4.76. The van der Waals surface area contributed by atoms with Crippen LogP contribution in [0.15, 0.2) is 65.8 Å². The van der Waals surface area contributed by atoms with Crippen molar-refractivity contribution in [2.75, 3.05) is 11.4 Å². The maximum Gasteiger partial charge on any atom is 0.247 e. The van der Waals surface area contributed by atoms with Crippen LogP contribution in [0.4, 0.5) is 5.13 Å².